The van der Waals surface area contributed by atoms with E-state index in [4.69, 9.17) is 17.4 Å². The molecule has 2 aromatic carbocycles. The van der Waals surface area contributed by atoms with E-state index in [1.54, 1.807) is 0 Å². The number of benzene rings is 2. The van der Waals surface area contributed by atoms with Crippen LogP contribution in [0.25, 0.3) is 11.1 Å². The molecule has 91 valence electrons. The highest BCUT2D eigenvalue weighted by atomic mass is 35.5. The highest BCUT2D eigenvalue weighted by molar-refractivity contribution is 6.30. The highest BCUT2D eigenvalue weighted by Crippen LogP contribution is 2.30. The Morgan fingerprint density at radius 2 is 1.83 bits per heavy atom. The average Bonchev–Trinajstić information content (AvgIpc) is 2.28. The van der Waals surface area contributed by atoms with Crippen molar-refractivity contribution in [3.05, 3.63) is 58.0 Å². The quantitative estimate of drug-likeness (QED) is 0.516. The van der Waals surface area contributed by atoms with Crippen molar-refractivity contribution < 1.29 is 13.6 Å². The lowest BCUT2D eigenvalue weighted by atomic mass is 10.0. The molecule has 0 amide bonds. The minimum absolute atomic E-state index is 0.0220. The summed E-state index contributed by atoms with van der Waals surface area (Å²) in [6.07, 6.45) is 0. The lowest BCUT2D eigenvalue weighted by molar-refractivity contribution is -0.475. The first-order chi connectivity index (χ1) is 8.49. The summed E-state index contributed by atoms with van der Waals surface area (Å²) in [4.78, 5) is 11.0. The van der Waals surface area contributed by atoms with Crippen LogP contribution in [0.15, 0.2) is 30.3 Å². The Morgan fingerprint density at radius 3 is 2.39 bits per heavy atom. The van der Waals surface area contributed by atoms with Gasteiger partial charge in [-0.2, -0.15) is 5.84 Å². The van der Waals surface area contributed by atoms with Crippen molar-refractivity contribution in [2.75, 3.05) is 0 Å². The second kappa shape index (κ2) is 4.70. The normalized spacial score (nSPS) is 10.4. The summed E-state index contributed by atoms with van der Waals surface area (Å²) in [5.41, 5.74) is -0.257. The Bertz CT molecular complexity index is 611. The van der Waals surface area contributed by atoms with E-state index in [-0.39, 0.29) is 26.7 Å². The molecule has 0 atom stereocenters. The van der Waals surface area contributed by atoms with E-state index < -0.39 is 11.6 Å². The van der Waals surface area contributed by atoms with Crippen molar-refractivity contribution in [3.8, 4) is 11.1 Å². The minimum Gasteiger partial charge on any atom is -0.206 e. The van der Waals surface area contributed by atoms with Crippen molar-refractivity contribution in [2.45, 2.75) is 0 Å². The fourth-order valence-electron chi connectivity index (χ4n) is 1.56. The van der Waals surface area contributed by atoms with Gasteiger partial charge in [0.25, 0.3) is 0 Å². The third-order valence-electron chi connectivity index (χ3n) is 2.31. The van der Waals surface area contributed by atoms with Gasteiger partial charge in [-0.1, -0.05) is 17.7 Å². The molecule has 0 bridgehead atoms. The molecule has 18 heavy (non-hydrogen) atoms. The van der Waals surface area contributed by atoms with Crippen LogP contribution in [0.3, 0.4) is 0 Å². The van der Waals surface area contributed by atoms with Crippen LogP contribution in [0.4, 0.5) is 14.5 Å². The zero-order valence-electron chi connectivity index (χ0n) is 8.95. The number of hydrogen-bond acceptors (Lipinski definition) is 1. The number of rotatable bonds is 2. The van der Waals surface area contributed by atoms with Gasteiger partial charge in [-0.05, 0) is 23.8 Å². The summed E-state index contributed by atoms with van der Waals surface area (Å²) < 4.78 is 27.2. The first-order valence-electron chi connectivity index (χ1n) is 4.88. The van der Waals surface area contributed by atoms with E-state index in [1.807, 2.05) is 0 Å². The third kappa shape index (κ3) is 2.31. The lowest BCUT2D eigenvalue weighted by Gasteiger charge is -2.04. The summed E-state index contributed by atoms with van der Waals surface area (Å²) >= 11 is 5.73. The lowest BCUT2D eigenvalue weighted by Crippen LogP contribution is -2.09. The topological polar surface area (TPSA) is 46.1 Å². The van der Waals surface area contributed by atoms with Crippen molar-refractivity contribution in [3.63, 3.8) is 0 Å². The van der Waals surface area contributed by atoms with Gasteiger partial charge < -0.3 is 0 Å². The van der Waals surface area contributed by atoms with Crippen LogP contribution in [0.5, 0.6) is 0 Å². The smallest absolute Gasteiger partial charge is 0.206 e. The standard InChI is InChI=1S/C12H7ClF2N2O/c13-8-4-7(5-9(6-8)17(16)18)12-10(14)2-1-3-11(12)15/h1-5H,(H2,16,18)/q+1. The van der Waals surface area contributed by atoms with Gasteiger partial charge in [0, 0.05) is 6.07 Å². The van der Waals surface area contributed by atoms with Crippen LogP contribution >= 0.6 is 11.6 Å². The number of hydrogen-bond donors (Lipinski definition) is 1. The maximum Gasteiger partial charge on any atom is 0.301 e. The molecule has 0 aliphatic carbocycles. The molecule has 0 aliphatic rings. The first-order valence-corrected chi connectivity index (χ1v) is 5.26. The Morgan fingerprint density at radius 1 is 1.22 bits per heavy atom. The van der Waals surface area contributed by atoms with Crippen LogP contribution in [-0.4, -0.2) is 4.87 Å². The van der Waals surface area contributed by atoms with Gasteiger partial charge >= 0.3 is 5.69 Å². The maximum atomic E-state index is 13.6. The fraction of sp³-hybridized carbons (Fsp3) is 0. The molecule has 0 aliphatic heterocycles. The van der Waals surface area contributed by atoms with Crippen molar-refractivity contribution in [1.82, 2.24) is 0 Å². The molecule has 0 heterocycles. The molecule has 6 heteroatoms. The van der Waals surface area contributed by atoms with E-state index in [2.05, 4.69) is 6.07 Å². The molecule has 0 spiro atoms. The van der Waals surface area contributed by atoms with Gasteiger partial charge in [0.2, 0.25) is 0 Å². The van der Waals surface area contributed by atoms with Crippen molar-refractivity contribution >= 4 is 17.3 Å². The maximum absolute atomic E-state index is 13.6. The summed E-state index contributed by atoms with van der Waals surface area (Å²) in [6, 6.07) is 8.44. The van der Waals surface area contributed by atoms with Gasteiger partial charge in [-0.25, -0.2) is 8.78 Å². The van der Waals surface area contributed by atoms with Crippen LogP contribution in [0.2, 0.25) is 5.02 Å². The Hall–Kier alpha value is -2.01. The predicted molar refractivity (Wildman–Crippen MR) is 63.1 cm³/mol. The van der Waals surface area contributed by atoms with E-state index >= 15 is 0 Å². The Kier molecular flexibility index (Phi) is 3.25. The van der Waals surface area contributed by atoms with E-state index in [1.165, 1.54) is 18.2 Å². The van der Waals surface area contributed by atoms with E-state index in [9.17, 15) is 13.7 Å². The first kappa shape index (κ1) is 12.4. The van der Waals surface area contributed by atoms with Crippen LogP contribution < -0.4 is 5.84 Å². The molecule has 0 saturated carbocycles. The SMILES string of the molecule is N[N+](=O)c1[c]c(Cl)cc(-c2c(F)cccc2F)c1. The molecular formula is C12H7ClF2N2O+. The number of hydrazine groups is 1. The fourth-order valence-corrected chi connectivity index (χ4v) is 1.77. The molecule has 0 unspecified atom stereocenters. The minimum atomic E-state index is -0.752. The van der Waals surface area contributed by atoms with Crippen LogP contribution in [-0.2, 0) is 0 Å². The number of nitrogens with zero attached hydrogens (tertiary/aromatic N) is 1. The highest BCUT2D eigenvalue weighted by Gasteiger charge is 2.17. The molecule has 1 radical (unpaired) electrons. The van der Waals surface area contributed by atoms with E-state index in [0.717, 1.165) is 12.1 Å². The average molecular weight is 269 g/mol. The van der Waals surface area contributed by atoms with E-state index in [0.29, 0.717) is 0 Å². The summed E-state index contributed by atoms with van der Waals surface area (Å²) in [5, 5.41) is 0.0384. The van der Waals surface area contributed by atoms with Gasteiger partial charge in [0.05, 0.1) is 21.6 Å². The second-order valence-corrected chi connectivity index (χ2v) is 3.93. The van der Waals surface area contributed by atoms with Gasteiger partial charge in [0.1, 0.15) is 11.6 Å². The monoisotopic (exact) mass is 268 g/mol. The summed E-state index contributed by atoms with van der Waals surface area (Å²) in [6.45, 7) is 0. The van der Waals surface area contributed by atoms with Crippen molar-refractivity contribution in [1.29, 1.82) is 0 Å². The third-order valence-corrected chi connectivity index (χ3v) is 2.51. The second-order valence-electron chi connectivity index (χ2n) is 3.52. The molecule has 0 saturated heterocycles. The van der Waals surface area contributed by atoms with Gasteiger partial charge in [-0.15, -0.1) is 0 Å². The molecule has 2 N–H and O–H groups in total. The molecule has 2 rings (SSSR count). The summed E-state index contributed by atoms with van der Waals surface area (Å²) in [5.74, 6) is 3.50. The Labute approximate surface area is 106 Å². The van der Waals surface area contributed by atoms with Crippen LogP contribution in [0, 0.1) is 22.6 Å². The zero-order valence-corrected chi connectivity index (χ0v) is 9.71. The molecule has 0 aromatic heterocycles. The summed E-state index contributed by atoms with van der Waals surface area (Å²) in [7, 11) is 0. The van der Waals surface area contributed by atoms with Crippen LogP contribution in [0.1, 0.15) is 0 Å². The Balaban J connectivity index is 2.68. The predicted octanol–water partition coefficient (Wildman–Crippen LogP) is 3.37. The van der Waals surface area contributed by atoms with Gasteiger partial charge in [0.15, 0.2) is 4.87 Å². The molecule has 2 aromatic rings. The molecule has 3 nitrogen and oxygen atoms in total. The largest absolute Gasteiger partial charge is 0.301 e. The van der Waals surface area contributed by atoms with Crippen molar-refractivity contribution in [2.24, 2.45) is 5.84 Å². The zero-order chi connectivity index (χ0) is 13.3. The molecular weight excluding hydrogens is 262 g/mol. The number of nitrogens with two attached hydrogens (primary N) is 1. The number of nitroso groups, excluding NO2 is 1. The van der Waals surface area contributed by atoms with Gasteiger partial charge in [-0.3, -0.25) is 0 Å². The molecule has 0 fully saturated rings. The number of halogens is 3.